The lowest BCUT2D eigenvalue weighted by Gasteiger charge is -2.39. The summed E-state index contributed by atoms with van der Waals surface area (Å²) >= 11 is 0. The topological polar surface area (TPSA) is 37.4 Å². The zero-order valence-corrected chi connectivity index (χ0v) is 16.9. The van der Waals surface area contributed by atoms with Crippen LogP contribution in [0, 0.1) is 6.92 Å². The third kappa shape index (κ3) is 5.77. The molecule has 27 heavy (non-hydrogen) atoms. The number of nitrogens with zero attached hydrogens (tertiary/aromatic N) is 1. The lowest BCUT2D eigenvalue weighted by Crippen LogP contribution is -2.55. The highest BCUT2D eigenvalue weighted by Crippen LogP contribution is 2.25. The van der Waals surface area contributed by atoms with Crippen LogP contribution in [0.15, 0.2) is 54.6 Å². The maximum absolute atomic E-state index is 12.6. The number of β-lactam (4-membered cyclic amide) rings is 1. The van der Waals surface area contributed by atoms with Gasteiger partial charge < -0.3 is 4.90 Å². The van der Waals surface area contributed by atoms with Gasteiger partial charge in [-0.3, -0.25) is 9.00 Å². The Morgan fingerprint density at radius 3 is 2.33 bits per heavy atom. The number of likely N-dealkylation sites (tertiary alicyclic amines) is 1. The average Bonchev–Trinajstić information content (AvgIpc) is 2.67. The second kappa shape index (κ2) is 9.84. The maximum atomic E-state index is 12.6. The van der Waals surface area contributed by atoms with Gasteiger partial charge in [-0.25, -0.2) is 0 Å². The van der Waals surface area contributed by atoms with E-state index in [1.807, 2.05) is 35.2 Å². The van der Waals surface area contributed by atoms with E-state index in [0.29, 0.717) is 12.2 Å². The van der Waals surface area contributed by atoms with Crippen LogP contribution in [0.25, 0.3) is 0 Å². The van der Waals surface area contributed by atoms with Crippen LogP contribution >= 0.6 is 0 Å². The summed E-state index contributed by atoms with van der Waals surface area (Å²) in [4.78, 5) is 13.8. The summed E-state index contributed by atoms with van der Waals surface area (Å²) in [6, 6.07) is 18.6. The molecule has 0 spiro atoms. The Morgan fingerprint density at radius 1 is 0.926 bits per heavy atom. The van der Waals surface area contributed by atoms with E-state index in [1.54, 1.807) is 0 Å². The van der Waals surface area contributed by atoms with Crippen LogP contribution in [-0.4, -0.2) is 26.9 Å². The largest absolute Gasteiger partial charge is 0.328 e. The molecule has 1 fully saturated rings. The van der Waals surface area contributed by atoms with Crippen LogP contribution in [0.5, 0.6) is 0 Å². The first-order valence-electron chi connectivity index (χ1n) is 9.89. The third-order valence-electron chi connectivity index (χ3n) is 5.21. The molecule has 1 amide bonds. The van der Waals surface area contributed by atoms with Crippen molar-refractivity contribution >= 4 is 16.7 Å². The van der Waals surface area contributed by atoms with Crippen molar-refractivity contribution in [1.29, 1.82) is 0 Å². The van der Waals surface area contributed by atoms with Crippen LogP contribution in [0.2, 0.25) is 0 Å². The average molecular weight is 384 g/mol. The fourth-order valence-electron chi connectivity index (χ4n) is 3.48. The smallest absolute Gasteiger partial charge is 0.226 e. The normalized spacial score (nSPS) is 17.6. The summed E-state index contributed by atoms with van der Waals surface area (Å²) in [5.41, 5.74) is 3.78. The molecule has 3 rings (SSSR count). The predicted octanol–water partition coefficient (Wildman–Crippen LogP) is 4.61. The minimum Gasteiger partial charge on any atom is -0.328 e. The molecular weight excluding hydrogens is 354 g/mol. The maximum Gasteiger partial charge on any atom is 0.226 e. The number of carbonyl (C=O) groups excluding carboxylic acids is 1. The molecule has 2 aromatic rings. The third-order valence-corrected chi connectivity index (χ3v) is 6.85. The van der Waals surface area contributed by atoms with Crippen LogP contribution in [0.4, 0.5) is 0 Å². The molecule has 1 aliphatic rings. The van der Waals surface area contributed by atoms with Crippen LogP contribution in [-0.2, 0) is 27.8 Å². The molecule has 0 saturated carbocycles. The van der Waals surface area contributed by atoms with Gasteiger partial charge in [-0.1, -0.05) is 73.0 Å². The first kappa shape index (κ1) is 19.8. The molecule has 0 bridgehead atoms. The van der Waals surface area contributed by atoms with Crippen molar-refractivity contribution in [2.75, 3.05) is 6.54 Å². The number of carbonyl (C=O) groups is 1. The Morgan fingerprint density at radius 2 is 1.63 bits per heavy atom. The number of benzene rings is 2. The van der Waals surface area contributed by atoms with Crippen molar-refractivity contribution in [3.63, 3.8) is 0 Å². The highest BCUT2D eigenvalue weighted by Gasteiger charge is 2.39. The van der Waals surface area contributed by atoms with E-state index in [9.17, 15) is 9.00 Å². The Labute approximate surface area is 165 Å². The SMILES string of the molecule is Cc1ccc(CCCCCCN2C(=O)CC2S(=O)Cc2ccccc2)cc1. The first-order chi connectivity index (χ1) is 13.1. The van der Waals surface area contributed by atoms with Gasteiger partial charge in [0.25, 0.3) is 0 Å². The molecule has 4 heteroatoms. The summed E-state index contributed by atoms with van der Waals surface area (Å²) in [5.74, 6) is 0.687. The molecule has 0 aromatic heterocycles. The molecule has 0 N–H and O–H groups in total. The van der Waals surface area contributed by atoms with E-state index in [-0.39, 0.29) is 11.3 Å². The molecule has 1 heterocycles. The summed E-state index contributed by atoms with van der Waals surface area (Å²) in [5, 5.41) is -0.0923. The molecule has 2 aromatic carbocycles. The van der Waals surface area contributed by atoms with Crippen LogP contribution < -0.4 is 0 Å². The molecule has 1 saturated heterocycles. The van der Waals surface area contributed by atoms with Crippen LogP contribution in [0.1, 0.15) is 48.8 Å². The highest BCUT2D eigenvalue weighted by atomic mass is 32.2. The zero-order chi connectivity index (χ0) is 19.1. The van der Waals surface area contributed by atoms with Crippen molar-refractivity contribution in [2.24, 2.45) is 0 Å². The molecule has 3 nitrogen and oxygen atoms in total. The summed E-state index contributed by atoms with van der Waals surface area (Å²) in [7, 11) is -1.01. The number of hydrogen-bond donors (Lipinski definition) is 0. The molecule has 144 valence electrons. The second-order valence-electron chi connectivity index (χ2n) is 7.41. The second-order valence-corrected chi connectivity index (χ2v) is 9.00. The van der Waals surface area contributed by atoms with Crippen LogP contribution in [0.3, 0.4) is 0 Å². The molecule has 0 aliphatic carbocycles. The van der Waals surface area contributed by atoms with Crippen molar-refractivity contribution in [2.45, 2.75) is 56.6 Å². The van der Waals surface area contributed by atoms with Gasteiger partial charge in [-0.2, -0.15) is 0 Å². The van der Waals surface area contributed by atoms with E-state index in [4.69, 9.17) is 0 Å². The number of amides is 1. The van der Waals surface area contributed by atoms with Gasteiger partial charge in [0.15, 0.2) is 0 Å². The van der Waals surface area contributed by atoms with Gasteiger partial charge in [0.1, 0.15) is 5.37 Å². The number of unbranched alkanes of at least 4 members (excludes halogenated alkanes) is 3. The zero-order valence-electron chi connectivity index (χ0n) is 16.1. The van der Waals surface area contributed by atoms with Crippen molar-refractivity contribution < 1.29 is 9.00 Å². The first-order valence-corrected chi connectivity index (χ1v) is 11.3. The van der Waals surface area contributed by atoms with Gasteiger partial charge in [-0.15, -0.1) is 0 Å². The van der Waals surface area contributed by atoms with E-state index in [1.165, 1.54) is 24.0 Å². The minimum atomic E-state index is -1.01. The Hall–Kier alpha value is -1.94. The number of hydrogen-bond acceptors (Lipinski definition) is 2. The van der Waals surface area contributed by atoms with Gasteiger partial charge in [-0.05, 0) is 37.3 Å². The highest BCUT2D eigenvalue weighted by molar-refractivity contribution is 7.84. The molecule has 1 aliphatic heterocycles. The van der Waals surface area contributed by atoms with Gasteiger partial charge >= 0.3 is 0 Å². The Kier molecular flexibility index (Phi) is 7.22. The van der Waals surface area contributed by atoms with E-state index >= 15 is 0 Å². The van der Waals surface area contributed by atoms with Gasteiger partial charge in [0.05, 0.1) is 12.2 Å². The number of rotatable bonds is 10. The summed E-state index contributed by atoms with van der Waals surface area (Å²) < 4.78 is 12.6. The van der Waals surface area contributed by atoms with Crippen molar-refractivity contribution in [3.8, 4) is 0 Å². The molecule has 2 unspecified atom stereocenters. The molecule has 0 radical (unpaired) electrons. The number of aryl methyl sites for hydroxylation is 2. The fraction of sp³-hybridized carbons (Fsp3) is 0.435. The standard InChI is InChI=1S/C23H29NO2S/c1-19-12-14-20(15-13-19)9-5-2-3-8-16-24-22(25)17-23(24)27(26)18-21-10-6-4-7-11-21/h4,6-7,10-15,23H,2-3,5,8-9,16-18H2,1H3. The fourth-order valence-corrected chi connectivity index (χ4v) is 5.03. The molecule has 2 atom stereocenters. The monoisotopic (exact) mass is 383 g/mol. The predicted molar refractivity (Wildman–Crippen MR) is 112 cm³/mol. The lowest BCUT2D eigenvalue weighted by atomic mass is 10.0. The molecular formula is C23H29NO2S. The van der Waals surface area contributed by atoms with E-state index in [0.717, 1.165) is 31.4 Å². The summed E-state index contributed by atoms with van der Waals surface area (Å²) in [6.07, 6.45) is 6.03. The Bertz CT molecular complexity index is 758. The van der Waals surface area contributed by atoms with Crippen molar-refractivity contribution in [1.82, 2.24) is 4.90 Å². The summed E-state index contributed by atoms with van der Waals surface area (Å²) in [6.45, 7) is 2.86. The van der Waals surface area contributed by atoms with Gasteiger partial charge in [0, 0.05) is 17.3 Å². The van der Waals surface area contributed by atoms with E-state index in [2.05, 4.69) is 31.2 Å². The lowest BCUT2D eigenvalue weighted by molar-refractivity contribution is -0.141. The minimum absolute atomic E-state index is 0.0923. The van der Waals surface area contributed by atoms with Gasteiger partial charge in [0.2, 0.25) is 5.91 Å². The Balaban J connectivity index is 1.34. The van der Waals surface area contributed by atoms with Crippen molar-refractivity contribution in [3.05, 3.63) is 71.3 Å². The quantitative estimate of drug-likeness (QED) is 0.444. The van der Waals surface area contributed by atoms with E-state index < -0.39 is 10.8 Å².